The van der Waals surface area contributed by atoms with Crippen molar-refractivity contribution in [2.24, 2.45) is 0 Å². The Bertz CT molecular complexity index is 605. The third-order valence-corrected chi connectivity index (χ3v) is 4.20. The van der Waals surface area contributed by atoms with E-state index in [4.69, 9.17) is 9.84 Å². The first-order valence-electron chi connectivity index (χ1n) is 6.60. The molecule has 1 aliphatic rings. The molecule has 0 amide bonds. The number of thiazole rings is 1. The van der Waals surface area contributed by atoms with Crippen molar-refractivity contribution in [3.63, 3.8) is 0 Å². The number of ether oxygens (including phenoxy) is 1. The molecular weight excluding hydrogens is 274 g/mol. The molecule has 20 heavy (non-hydrogen) atoms. The lowest BCUT2D eigenvalue weighted by Gasteiger charge is -2.02. The average Bonchev–Trinajstić information content (AvgIpc) is 3.20. The van der Waals surface area contributed by atoms with Crippen LogP contribution in [0.3, 0.4) is 0 Å². The fourth-order valence-electron chi connectivity index (χ4n) is 2.08. The number of hydrogen-bond acceptors (Lipinski definition) is 4. The largest absolute Gasteiger partial charge is 0.486 e. The Balaban J connectivity index is 1.71. The number of aliphatic carboxylic acids is 1. The van der Waals surface area contributed by atoms with Crippen molar-refractivity contribution in [1.29, 1.82) is 0 Å². The molecule has 1 saturated carbocycles. The molecule has 1 N–H and O–H groups in total. The van der Waals surface area contributed by atoms with E-state index in [2.05, 4.69) is 4.98 Å². The highest BCUT2D eigenvalue weighted by Crippen LogP contribution is 2.42. The van der Waals surface area contributed by atoms with Gasteiger partial charge in [0, 0.05) is 10.8 Å². The van der Waals surface area contributed by atoms with Crippen molar-refractivity contribution in [2.75, 3.05) is 0 Å². The highest BCUT2D eigenvalue weighted by atomic mass is 32.1. The van der Waals surface area contributed by atoms with Crippen molar-refractivity contribution < 1.29 is 14.6 Å². The molecule has 0 bridgehead atoms. The first-order valence-corrected chi connectivity index (χ1v) is 7.42. The SMILES string of the molecule is O=C(O)Cc1sc(COc2ccccc2)nc1C1CC1. The summed E-state index contributed by atoms with van der Waals surface area (Å²) >= 11 is 1.46. The van der Waals surface area contributed by atoms with E-state index in [0.29, 0.717) is 12.5 Å². The van der Waals surface area contributed by atoms with Gasteiger partial charge in [0.05, 0.1) is 12.1 Å². The van der Waals surface area contributed by atoms with E-state index in [1.807, 2.05) is 30.3 Å². The van der Waals surface area contributed by atoms with Gasteiger partial charge in [0.2, 0.25) is 0 Å². The first kappa shape index (κ1) is 13.1. The van der Waals surface area contributed by atoms with Gasteiger partial charge >= 0.3 is 5.97 Å². The average molecular weight is 289 g/mol. The summed E-state index contributed by atoms with van der Waals surface area (Å²) in [5, 5.41) is 9.81. The summed E-state index contributed by atoms with van der Waals surface area (Å²) in [6.45, 7) is 0.397. The highest BCUT2D eigenvalue weighted by molar-refractivity contribution is 7.11. The summed E-state index contributed by atoms with van der Waals surface area (Å²) in [5.41, 5.74) is 0.976. The minimum atomic E-state index is -0.800. The number of hydrogen-bond donors (Lipinski definition) is 1. The fourth-order valence-corrected chi connectivity index (χ4v) is 3.14. The molecule has 5 heteroatoms. The van der Waals surface area contributed by atoms with Crippen molar-refractivity contribution in [3.8, 4) is 5.75 Å². The molecule has 0 radical (unpaired) electrons. The molecule has 0 saturated heterocycles. The molecule has 1 aromatic heterocycles. The maximum absolute atomic E-state index is 10.9. The molecule has 0 spiro atoms. The molecule has 2 aromatic rings. The van der Waals surface area contributed by atoms with Gasteiger partial charge in [-0.25, -0.2) is 4.98 Å². The Hall–Kier alpha value is -1.88. The Morgan fingerprint density at radius 1 is 1.35 bits per heavy atom. The number of nitrogens with zero attached hydrogens (tertiary/aromatic N) is 1. The number of carboxylic acid groups (broad SMARTS) is 1. The summed E-state index contributed by atoms with van der Waals surface area (Å²) in [7, 11) is 0. The summed E-state index contributed by atoms with van der Waals surface area (Å²) in [4.78, 5) is 16.4. The van der Waals surface area contributed by atoms with Gasteiger partial charge in [0.15, 0.2) is 0 Å². The molecule has 0 atom stereocenters. The lowest BCUT2D eigenvalue weighted by molar-refractivity contribution is -0.136. The van der Waals surface area contributed by atoms with Crippen LogP contribution in [-0.4, -0.2) is 16.1 Å². The zero-order valence-electron chi connectivity index (χ0n) is 10.9. The van der Waals surface area contributed by atoms with E-state index in [-0.39, 0.29) is 6.42 Å². The van der Waals surface area contributed by atoms with Crippen LogP contribution in [0.25, 0.3) is 0 Å². The summed E-state index contributed by atoms with van der Waals surface area (Å²) < 4.78 is 5.67. The molecule has 0 aliphatic heterocycles. The standard InChI is InChI=1S/C15H15NO3S/c17-14(18)8-12-15(10-6-7-10)16-13(20-12)9-19-11-4-2-1-3-5-11/h1-5,10H,6-9H2,(H,17,18). The Labute approximate surface area is 121 Å². The van der Waals surface area contributed by atoms with Gasteiger partial charge < -0.3 is 9.84 Å². The van der Waals surface area contributed by atoms with E-state index in [9.17, 15) is 4.79 Å². The van der Waals surface area contributed by atoms with Crippen molar-refractivity contribution in [2.45, 2.75) is 31.8 Å². The quantitative estimate of drug-likeness (QED) is 0.887. The van der Waals surface area contributed by atoms with Gasteiger partial charge in [0.25, 0.3) is 0 Å². The third-order valence-electron chi connectivity index (χ3n) is 3.15. The van der Waals surface area contributed by atoms with Crippen LogP contribution in [0, 0.1) is 0 Å². The molecule has 0 unspecified atom stereocenters. The smallest absolute Gasteiger partial charge is 0.308 e. The maximum Gasteiger partial charge on any atom is 0.308 e. The van der Waals surface area contributed by atoms with E-state index >= 15 is 0 Å². The molecule has 1 fully saturated rings. The number of para-hydroxylation sites is 1. The highest BCUT2D eigenvalue weighted by Gasteiger charge is 2.30. The van der Waals surface area contributed by atoms with Gasteiger partial charge in [-0.05, 0) is 25.0 Å². The van der Waals surface area contributed by atoms with Gasteiger partial charge in [-0.3, -0.25) is 4.79 Å². The lowest BCUT2D eigenvalue weighted by Crippen LogP contribution is -2.00. The number of benzene rings is 1. The van der Waals surface area contributed by atoms with Crippen molar-refractivity contribution in [3.05, 3.63) is 45.9 Å². The first-order chi connectivity index (χ1) is 9.72. The number of rotatable bonds is 6. The van der Waals surface area contributed by atoms with Crippen LogP contribution in [0.5, 0.6) is 5.75 Å². The van der Waals surface area contributed by atoms with Gasteiger partial charge in [0.1, 0.15) is 17.4 Å². The van der Waals surface area contributed by atoms with E-state index in [1.165, 1.54) is 11.3 Å². The predicted molar refractivity (Wildman–Crippen MR) is 76.2 cm³/mol. The summed E-state index contributed by atoms with van der Waals surface area (Å²) in [6, 6.07) is 9.57. The molecule has 1 aliphatic carbocycles. The molecule has 4 nitrogen and oxygen atoms in total. The molecular formula is C15H15NO3S. The van der Waals surface area contributed by atoms with E-state index < -0.39 is 5.97 Å². The maximum atomic E-state index is 10.9. The second kappa shape index (κ2) is 5.63. The topological polar surface area (TPSA) is 59.4 Å². The van der Waals surface area contributed by atoms with Crippen LogP contribution in [0.15, 0.2) is 30.3 Å². The molecule has 3 rings (SSSR count). The summed E-state index contributed by atoms with van der Waals surface area (Å²) in [6.07, 6.45) is 2.31. The van der Waals surface area contributed by atoms with Gasteiger partial charge in [-0.1, -0.05) is 18.2 Å². The van der Waals surface area contributed by atoms with Crippen LogP contribution >= 0.6 is 11.3 Å². The number of carbonyl (C=O) groups is 1. The van der Waals surface area contributed by atoms with Crippen LogP contribution < -0.4 is 4.74 Å². The Morgan fingerprint density at radius 2 is 2.10 bits per heavy atom. The molecule has 1 heterocycles. The van der Waals surface area contributed by atoms with E-state index in [1.54, 1.807) is 0 Å². The second-order valence-electron chi connectivity index (χ2n) is 4.86. The second-order valence-corrected chi connectivity index (χ2v) is 6.03. The summed E-state index contributed by atoms with van der Waals surface area (Å²) in [5.74, 6) is 0.465. The fraction of sp³-hybridized carbons (Fsp3) is 0.333. The van der Waals surface area contributed by atoms with Crippen LogP contribution in [0.1, 0.15) is 34.3 Å². The number of carboxylic acids is 1. The molecule has 1 aromatic carbocycles. The van der Waals surface area contributed by atoms with E-state index in [0.717, 1.165) is 34.2 Å². The Morgan fingerprint density at radius 3 is 2.75 bits per heavy atom. The lowest BCUT2D eigenvalue weighted by atomic mass is 10.2. The third kappa shape index (κ3) is 3.17. The molecule has 104 valence electrons. The van der Waals surface area contributed by atoms with Crippen LogP contribution in [0.2, 0.25) is 0 Å². The van der Waals surface area contributed by atoms with Crippen molar-refractivity contribution >= 4 is 17.3 Å². The number of aromatic nitrogens is 1. The minimum Gasteiger partial charge on any atom is -0.486 e. The zero-order chi connectivity index (χ0) is 13.9. The zero-order valence-corrected chi connectivity index (χ0v) is 11.7. The monoisotopic (exact) mass is 289 g/mol. The van der Waals surface area contributed by atoms with Crippen molar-refractivity contribution in [1.82, 2.24) is 4.98 Å². The van der Waals surface area contributed by atoms with Gasteiger partial charge in [-0.15, -0.1) is 11.3 Å². The normalized spacial score (nSPS) is 14.2. The van der Waals surface area contributed by atoms with Gasteiger partial charge in [-0.2, -0.15) is 0 Å². The predicted octanol–water partition coefficient (Wildman–Crippen LogP) is 3.23. The van der Waals surface area contributed by atoms with Crippen LogP contribution in [0.4, 0.5) is 0 Å². The Kier molecular flexibility index (Phi) is 3.69. The van der Waals surface area contributed by atoms with Crippen LogP contribution in [-0.2, 0) is 17.8 Å². The minimum absolute atomic E-state index is 0.0643.